The van der Waals surface area contributed by atoms with Crippen molar-refractivity contribution in [2.24, 2.45) is 0 Å². The molecule has 0 aromatic heterocycles. The van der Waals surface area contributed by atoms with Crippen molar-refractivity contribution in [2.45, 2.75) is 20.3 Å². The van der Waals surface area contributed by atoms with Crippen molar-refractivity contribution in [3.05, 3.63) is 53.8 Å². The van der Waals surface area contributed by atoms with E-state index in [1.54, 1.807) is 43.3 Å². The first-order valence-corrected chi connectivity index (χ1v) is 8.56. The maximum atomic E-state index is 13.5. The van der Waals surface area contributed by atoms with Gasteiger partial charge in [0, 0.05) is 5.69 Å². The molecule has 2 aromatic rings. The van der Waals surface area contributed by atoms with Gasteiger partial charge in [-0.05, 0) is 43.2 Å². The third-order valence-electron chi connectivity index (χ3n) is 3.48. The van der Waals surface area contributed by atoms with Crippen molar-refractivity contribution in [2.75, 3.05) is 25.1 Å². The highest BCUT2D eigenvalue weighted by atomic mass is 19.1. The minimum Gasteiger partial charge on any atom is -0.490 e. The second kappa shape index (κ2) is 10.2. The number of amides is 1. The fourth-order valence-corrected chi connectivity index (χ4v) is 2.09. The zero-order valence-corrected chi connectivity index (χ0v) is 15.3. The van der Waals surface area contributed by atoms with E-state index in [0.29, 0.717) is 23.7 Å². The number of benzene rings is 2. The molecule has 0 aliphatic carbocycles. The fourth-order valence-electron chi connectivity index (χ4n) is 2.09. The minimum absolute atomic E-state index is 0.289. The van der Waals surface area contributed by atoms with E-state index in [1.807, 2.05) is 6.92 Å². The van der Waals surface area contributed by atoms with Crippen LogP contribution in [0, 0.1) is 12.7 Å². The third kappa shape index (κ3) is 6.62. The van der Waals surface area contributed by atoms with Gasteiger partial charge in [0.05, 0.1) is 6.61 Å². The lowest BCUT2D eigenvalue weighted by Gasteiger charge is -2.12. The molecule has 0 bridgehead atoms. The van der Waals surface area contributed by atoms with E-state index in [2.05, 4.69) is 5.32 Å². The summed E-state index contributed by atoms with van der Waals surface area (Å²) in [7, 11) is 0. The number of aryl methyl sites for hydroxylation is 1. The molecule has 0 spiro atoms. The SMILES string of the molecule is CCCOc1ccccc1OCC(=O)OCC(=O)Nc1ccc(C)c(F)c1. The van der Waals surface area contributed by atoms with Crippen LogP contribution in [-0.2, 0) is 14.3 Å². The monoisotopic (exact) mass is 375 g/mol. The van der Waals surface area contributed by atoms with Gasteiger partial charge < -0.3 is 19.5 Å². The summed E-state index contributed by atoms with van der Waals surface area (Å²) in [5.41, 5.74) is 0.761. The number of esters is 1. The van der Waals surface area contributed by atoms with Crippen LogP contribution in [0.3, 0.4) is 0 Å². The summed E-state index contributed by atoms with van der Waals surface area (Å²) in [6.07, 6.45) is 0.844. The quantitative estimate of drug-likeness (QED) is 0.679. The van der Waals surface area contributed by atoms with Gasteiger partial charge in [-0.25, -0.2) is 9.18 Å². The Balaban J connectivity index is 1.77. The van der Waals surface area contributed by atoms with E-state index >= 15 is 0 Å². The number of hydrogen-bond donors (Lipinski definition) is 1. The van der Waals surface area contributed by atoms with E-state index in [4.69, 9.17) is 14.2 Å². The van der Waals surface area contributed by atoms with Gasteiger partial charge in [-0.15, -0.1) is 0 Å². The van der Waals surface area contributed by atoms with Crippen LogP contribution in [0.2, 0.25) is 0 Å². The summed E-state index contributed by atoms with van der Waals surface area (Å²) >= 11 is 0. The number of para-hydroxylation sites is 2. The molecular formula is C20H22FNO5. The molecule has 0 atom stereocenters. The number of carbonyl (C=O) groups excluding carboxylic acids is 2. The lowest BCUT2D eigenvalue weighted by atomic mass is 10.2. The van der Waals surface area contributed by atoms with Crippen LogP contribution in [0.1, 0.15) is 18.9 Å². The van der Waals surface area contributed by atoms with Crippen LogP contribution in [-0.4, -0.2) is 31.7 Å². The maximum absolute atomic E-state index is 13.5. The zero-order valence-electron chi connectivity index (χ0n) is 15.3. The molecule has 0 aliphatic rings. The van der Waals surface area contributed by atoms with Gasteiger partial charge in [-0.3, -0.25) is 4.79 Å². The molecule has 6 nitrogen and oxygen atoms in total. The number of carbonyl (C=O) groups is 2. The summed E-state index contributed by atoms with van der Waals surface area (Å²) in [4.78, 5) is 23.6. The highest BCUT2D eigenvalue weighted by Crippen LogP contribution is 2.26. The summed E-state index contributed by atoms with van der Waals surface area (Å²) in [5.74, 6) is -0.750. The van der Waals surface area contributed by atoms with E-state index in [1.165, 1.54) is 6.07 Å². The van der Waals surface area contributed by atoms with Gasteiger partial charge >= 0.3 is 5.97 Å². The number of anilines is 1. The first-order chi connectivity index (χ1) is 13.0. The molecule has 0 saturated carbocycles. The highest BCUT2D eigenvalue weighted by Gasteiger charge is 2.11. The van der Waals surface area contributed by atoms with Crippen molar-refractivity contribution >= 4 is 17.6 Å². The van der Waals surface area contributed by atoms with Crippen LogP contribution < -0.4 is 14.8 Å². The first-order valence-electron chi connectivity index (χ1n) is 8.56. The van der Waals surface area contributed by atoms with Crippen molar-refractivity contribution in [1.82, 2.24) is 0 Å². The Bertz CT molecular complexity index is 794. The van der Waals surface area contributed by atoms with Crippen LogP contribution in [0.5, 0.6) is 11.5 Å². The topological polar surface area (TPSA) is 73.9 Å². The predicted octanol–water partition coefficient (Wildman–Crippen LogP) is 3.48. The van der Waals surface area contributed by atoms with Crippen LogP contribution >= 0.6 is 0 Å². The van der Waals surface area contributed by atoms with Gasteiger partial charge in [0.1, 0.15) is 5.82 Å². The normalized spacial score (nSPS) is 10.2. The Morgan fingerprint density at radius 1 is 1.04 bits per heavy atom. The molecule has 0 radical (unpaired) electrons. The number of ether oxygens (including phenoxy) is 3. The maximum Gasteiger partial charge on any atom is 0.344 e. The minimum atomic E-state index is -0.703. The molecule has 0 heterocycles. The second-order valence-corrected chi connectivity index (χ2v) is 5.76. The second-order valence-electron chi connectivity index (χ2n) is 5.76. The zero-order chi connectivity index (χ0) is 19.6. The van der Waals surface area contributed by atoms with E-state index < -0.39 is 24.3 Å². The molecule has 27 heavy (non-hydrogen) atoms. The van der Waals surface area contributed by atoms with Crippen LogP contribution in [0.15, 0.2) is 42.5 Å². The summed E-state index contributed by atoms with van der Waals surface area (Å²) in [5, 5.41) is 2.45. The van der Waals surface area contributed by atoms with Crippen molar-refractivity contribution < 1.29 is 28.2 Å². The largest absolute Gasteiger partial charge is 0.490 e. The average molecular weight is 375 g/mol. The first kappa shape index (κ1) is 20.2. The molecule has 0 unspecified atom stereocenters. The smallest absolute Gasteiger partial charge is 0.344 e. The number of halogens is 1. The molecule has 0 saturated heterocycles. The van der Waals surface area contributed by atoms with E-state index in [0.717, 1.165) is 6.42 Å². The van der Waals surface area contributed by atoms with Crippen molar-refractivity contribution in [3.8, 4) is 11.5 Å². The molecule has 1 N–H and O–H groups in total. The van der Waals surface area contributed by atoms with Crippen LogP contribution in [0.25, 0.3) is 0 Å². The molecule has 2 rings (SSSR count). The molecule has 144 valence electrons. The molecule has 7 heteroatoms. The fraction of sp³-hybridized carbons (Fsp3) is 0.300. The van der Waals surface area contributed by atoms with E-state index in [9.17, 15) is 14.0 Å². The third-order valence-corrected chi connectivity index (χ3v) is 3.48. The van der Waals surface area contributed by atoms with E-state index in [-0.39, 0.29) is 12.3 Å². The average Bonchev–Trinajstić information content (AvgIpc) is 2.66. The van der Waals surface area contributed by atoms with Crippen LogP contribution in [0.4, 0.5) is 10.1 Å². The molecule has 0 fully saturated rings. The lowest BCUT2D eigenvalue weighted by molar-refractivity contribution is -0.149. The van der Waals surface area contributed by atoms with Gasteiger partial charge in [-0.2, -0.15) is 0 Å². The van der Waals surface area contributed by atoms with Gasteiger partial charge in [-0.1, -0.05) is 25.1 Å². The molecule has 2 aromatic carbocycles. The Morgan fingerprint density at radius 2 is 1.74 bits per heavy atom. The van der Waals surface area contributed by atoms with Gasteiger partial charge in [0.2, 0.25) is 0 Å². The lowest BCUT2D eigenvalue weighted by Crippen LogP contribution is -2.23. The number of nitrogens with one attached hydrogen (secondary N) is 1. The van der Waals surface area contributed by atoms with Crippen molar-refractivity contribution in [1.29, 1.82) is 0 Å². The Kier molecular flexibility index (Phi) is 7.61. The summed E-state index contributed by atoms with van der Waals surface area (Å²) in [6, 6.07) is 11.3. The number of hydrogen-bond acceptors (Lipinski definition) is 5. The Labute approximate surface area is 157 Å². The summed E-state index contributed by atoms with van der Waals surface area (Å²) < 4.78 is 29.2. The summed E-state index contributed by atoms with van der Waals surface area (Å²) in [6.45, 7) is 3.28. The molecule has 1 amide bonds. The molecule has 0 aliphatic heterocycles. The van der Waals surface area contributed by atoms with Gasteiger partial charge in [0.25, 0.3) is 5.91 Å². The van der Waals surface area contributed by atoms with Gasteiger partial charge in [0.15, 0.2) is 24.7 Å². The standard InChI is InChI=1S/C20H22FNO5/c1-3-10-25-17-6-4-5-7-18(17)26-13-20(24)27-12-19(23)22-15-9-8-14(2)16(21)11-15/h4-9,11H,3,10,12-13H2,1-2H3,(H,22,23). The highest BCUT2D eigenvalue weighted by molar-refractivity contribution is 5.92. The Morgan fingerprint density at radius 3 is 2.41 bits per heavy atom. The predicted molar refractivity (Wildman–Crippen MR) is 98.4 cm³/mol. The number of rotatable bonds is 9. The molecular weight excluding hydrogens is 353 g/mol. The van der Waals surface area contributed by atoms with Crippen molar-refractivity contribution in [3.63, 3.8) is 0 Å². The Hall–Kier alpha value is -3.09.